The molecule has 0 amide bonds. The van der Waals surface area contributed by atoms with Gasteiger partial charge in [0.2, 0.25) is 0 Å². The fourth-order valence-corrected chi connectivity index (χ4v) is 2.03. The van der Waals surface area contributed by atoms with Crippen molar-refractivity contribution in [3.63, 3.8) is 0 Å². The molecule has 2 rings (SSSR count). The maximum Gasteiger partial charge on any atom is 0.185 e. The number of likely N-dealkylation sites (N-methyl/N-ethyl adjacent to an activating group) is 1. The van der Waals surface area contributed by atoms with Crippen LogP contribution in [0.2, 0.25) is 0 Å². The summed E-state index contributed by atoms with van der Waals surface area (Å²) in [6.45, 7) is 2.34. The number of ketones is 1. The molecule has 5 heteroatoms. The van der Waals surface area contributed by atoms with Crippen LogP contribution in [-0.4, -0.2) is 24.0 Å². The number of anilines is 1. The minimum absolute atomic E-state index is 0.0286. The van der Waals surface area contributed by atoms with Crippen LogP contribution in [0.1, 0.15) is 17.3 Å². The number of hydrogen-bond acceptors (Lipinski definition) is 3. The Balaban J connectivity index is 2.20. The highest BCUT2D eigenvalue weighted by Crippen LogP contribution is 2.20. The summed E-state index contributed by atoms with van der Waals surface area (Å²) in [4.78, 5) is 13.9. The summed E-state index contributed by atoms with van der Waals surface area (Å²) in [5.41, 5.74) is 0.624. The number of halogens is 2. The molecule has 2 aromatic carbocycles. The van der Waals surface area contributed by atoms with Gasteiger partial charge >= 0.3 is 0 Å². The Morgan fingerprint density at radius 2 is 1.71 bits per heavy atom. The molecule has 3 nitrogen and oxygen atoms in total. The van der Waals surface area contributed by atoms with Crippen molar-refractivity contribution < 1.29 is 18.7 Å². The van der Waals surface area contributed by atoms with Crippen molar-refractivity contribution >= 4 is 11.5 Å². The third-order valence-corrected chi connectivity index (χ3v) is 3.17. The van der Waals surface area contributed by atoms with Crippen LogP contribution in [0.25, 0.3) is 0 Å². The highest BCUT2D eigenvalue weighted by Gasteiger charge is 2.16. The lowest BCUT2D eigenvalue weighted by Crippen LogP contribution is -2.29. The largest absolute Gasteiger partial charge is 0.507 e. The quantitative estimate of drug-likeness (QED) is 0.859. The van der Waals surface area contributed by atoms with Crippen LogP contribution >= 0.6 is 0 Å². The number of carbonyl (C=O) groups excluding carboxylic acids is 1. The minimum Gasteiger partial charge on any atom is -0.507 e. The fourth-order valence-electron chi connectivity index (χ4n) is 2.03. The smallest absolute Gasteiger partial charge is 0.185 e. The molecule has 0 fully saturated rings. The van der Waals surface area contributed by atoms with Crippen LogP contribution in [0, 0.1) is 11.6 Å². The van der Waals surface area contributed by atoms with E-state index in [1.807, 2.05) is 6.92 Å². The van der Waals surface area contributed by atoms with Crippen LogP contribution in [0.15, 0.2) is 42.5 Å². The van der Waals surface area contributed by atoms with Crippen molar-refractivity contribution in [3.8, 4) is 5.75 Å². The monoisotopic (exact) mass is 291 g/mol. The maximum atomic E-state index is 13.2. The molecular weight excluding hydrogens is 276 g/mol. The molecule has 2 aromatic rings. The number of Topliss-reactive ketones (excluding diaryl/α,β-unsaturated/α-hetero) is 1. The number of phenolic OH excluding ortho intramolecular Hbond substituents is 1. The Morgan fingerprint density at radius 1 is 1.10 bits per heavy atom. The van der Waals surface area contributed by atoms with Crippen LogP contribution in [0.4, 0.5) is 14.5 Å². The van der Waals surface area contributed by atoms with Gasteiger partial charge in [0, 0.05) is 12.2 Å². The molecule has 0 radical (unpaired) electrons. The molecule has 0 atom stereocenters. The number of carbonyl (C=O) groups is 1. The number of aromatic hydroxyl groups is 1. The second kappa shape index (κ2) is 6.35. The number of nitrogens with zero attached hydrogens (tertiary/aromatic N) is 1. The lowest BCUT2D eigenvalue weighted by Gasteiger charge is -2.22. The van der Waals surface area contributed by atoms with Gasteiger partial charge in [-0.05, 0) is 49.4 Å². The number of rotatable bonds is 5. The Bertz CT molecular complexity index is 641. The zero-order valence-corrected chi connectivity index (χ0v) is 11.5. The van der Waals surface area contributed by atoms with Crippen LogP contribution < -0.4 is 4.90 Å². The van der Waals surface area contributed by atoms with E-state index in [1.54, 1.807) is 17.0 Å². The van der Waals surface area contributed by atoms with Gasteiger partial charge in [0.25, 0.3) is 0 Å². The summed E-state index contributed by atoms with van der Waals surface area (Å²) >= 11 is 0. The van der Waals surface area contributed by atoms with E-state index in [0.717, 1.165) is 18.2 Å². The van der Waals surface area contributed by atoms with Gasteiger partial charge in [-0.25, -0.2) is 8.78 Å². The molecule has 0 saturated carbocycles. The predicted molar refractivity (Wildman–Crippen MR) is 76.7 cm³/mol. The average Bonchev–Trinajstić information content (AvgIpc) is 2.48. The van der Waals surface area contributed by atoms with Gasteiger partial charge in [-0.2, -0.15) is 0 Å². The molecule has 0 heterocycles. The van der Waals surface area contributed by atoms with Crippen LogP contribution in [0.5, 0.6) is 5.75 Å². The van der Waals surface area contributed by atoms with Crippen molar-refractivity contribution in [1.29, 1.82) is 0 Å². The first kappa shape index (κ1) is 15.0. The molecule has 0 bridgehead atoms. The van der Waals surface area contributed by atoms with Gasteiger partial charge in [-0.3, -0.25) is 4.79 Å². The SMILES string of the molecule is CCN(CC(=O)c1cc(F)ccc1O)c1ccc(F)cc1. The third-order valence-electron chi connectivity index (χ3n) is 3.17. The predicted octanol–water partition coefficient (Wildman–Crippen LogP) is 3.38. The van der Waals surface area contributed by atoms with Crippen LogP contribution in [0.3, 0.4) is 0 Å². The summed E-state index contributed by atoms with van der Waals surface area (Å²) < 4.78 is 26.1. The molecule has 1 N–H and O–H groups in total. The standard InChI is InChI=1S/C16H15F2NO2/c1-2-19(13-6-3-11(17)4-7-13)10-16(21)14-9-12(18)5-8-15(14)20/h3-9,20H,2,10H2,1H3. The van der Waals surface area contributed by atoms with E-state index in [4.69, 9.17) is 0 Å². The van der Waals surface area contributed by atoms with E-state index in [9.17, 15) is 18.7 Å². The number of hydrogen-bond donors (Lipinski definition) is 1. The molecule has 0 aliphatic rings. The van der Waals surface area contributed by atoms with E-state index < -0.39 is 11.6 Å². The zero-order valence-electron chi connectivity index (χ0n) is 11.5. The highest BCUT2D eigenvalue weighted by atomic mass is 19.1. The Morgan fingerprint density at radius 3 is 2.33 bits per heavy atom. The Hall–Kier alpha value is -2.43. The summed E-state index contributed by atoms with van der Waals surface area (Å²) in [5, 5.41) is 9.64. The third kappa shape index (κ3) is 3.56. The van der Waals surface area contributed by atoms with Crippen molar-refractivity contribution in [2.24, 2.45) is 0 Å². The molecule has 0 aliphatic carbocycles. The van der Waals surface area contributed by atoms with E-state index in [0.29, 0.717) is 12.2 Å². The van der Waals surface area contributed by atoms with Crippen molar-refractivity contribution in [2.45, 2.75) is 6.92 Å². The van der Waals surface area contributed by atoms with E-state index in [2.05, 4.69) is 0 Å². The molecule has 21 heavy (non-hydrogen) atoms. The van der Waals surface area contributed by atoms with Gasteiger partial charge in [-0.15, -0.1) is 0 Å². The Kier molecular flexibility index (Phi) is 4.52. The van der Waals surface area contributed by atoms with Crippen molar-refractivity contribution in [2.75, 3.05) is 18.0 Å². The topological polar surface area (TPSA) is 40.5 Å². The molecule has 0 aliphatic heterocycles. The molecule has 0 unspecified atom stereocenters. The van der Waals surface area contributed by atoms with Crippen LogP contribution in [-0.2, 0) is 0 Å². The first-order valence-electron chi connectivity index (χ1n) is 6.53. The molecule has 0 spiro atoms. The first-order valence-corrected chi connectivity index (χ1v) is 6.53. The average molecular weight is 291 g/mol. The second-order valence-corrected chi connectivity index (χ2v) is 4.58. The first-order chi connectivity index (χ1) is 10.0. The van der Waals surface area contributed by atoms with Gasteiger partial charge in [0.05, 0.1) is 12.1 Å². The summed E-state index contributed by atoms with van der Waals surface area (Å²) in [7, 11) is 0. The lowest BCUT2D eigenvalue weighted by molar-refractivity contribution is 0.0996. The minimum atomic E-state index is -0.582. The molecular formula is C16H15F2NO2. The Labute approximate surface area is 121 Å². The van der Waals surface area contributed by atoms with Gasteiger partial charge in [-0.1, -0.05) is 0 Å². The summed E-state index contributed by atoms with van der Waals surface area (Å²) in [6.07, 6.45) is 0. The molecule has 0 saturated heterocycles. The number of phenols is 1. The normalized spacial score (nSPS) is 10.4. The van der Waals surface area contributed by atoms with E-state index in [1.165, 1.54) is 12.1 Å². The summed E-state index contributed by atoms with van der Waals surface area (Å²) in [5.74, 6) is -1.60. The fraction of sp³-hybridized carbons (Fsp3) is 0.188. The second-order valence-electron chi connectivity index (χ2n) is 4.58. The van der Waals surface area contributed by atoms with E-state index in [-0.39, 0.29) is 23.7 Å². The van der Waals surface area contributed by atoms with Gasteiger partial charge in [0.15, 0.2) is 5.78 Å². The van der Waals surface area contributed by atoms with Gasteiger partial charge < -0.3 is 10.0 Å². The summed E-state index contributed by atoms with van der Waals surface area (Å²) in [6, 6.07) is 9.00. The number of benzene rings is 2. The van der Waals surface area contributed by atoms with E-state index >= 15 is 0 Å². The highest BCUT2D eigenvalue weighted by molar-refractivity contribution is 6.01. The molecule has 0 aromatic heterocycles. The lowest BCUT2D eigenvalue weighted by atomic mass is 10.1. The maximum absolute atomic E-state index is 13.2. The van der Waals surface area contributed by atoms with Gasteiger partial charge in [0.1, 0.15) is 17.4 Å². The van der Waals surface area contributed by atoms with Crippen molar-refractivity contribution in [3.05, 3.63) is 59.7 Å². The molecule has 110 valence electrons. The van der Waals surface area contributed by atoms with Crippen molar-refractivity contribution in [1.82, 2.24) is 0 Å². The zero-order chi connectivity index (χ0) is 15.4.